The van der Waals surface area contributed by atoms with Crippen LogP contribution in [0.25, 0.3) is 0 Å². The van der Waals surface area contributed by atoms with Gasteiger partial charge in [-0.25, -0.2) is 0 Å². The maximum absolute atomic E-state index is 12.6. The maximum atomic E-state index is 12.6. The average molecular weight is 394 g/mol. The fourth-order valence-electron chi connectivity index (χ4n) is 4.49. The molecule has 2 aliphatic rings. The molecule has 1 aliphatic heterocycles. The monoisotopic (exact) mass is 393 g/mol. The molecule has 0 bridgehead atoms. The summed E-state index contributed by atoms with van der Waals surface area (Å²) in [5, 5.41) is 3.33. The van der Waals surface area contributed by atoms with Gasteiger partial charge in [-0.1, -0.05) is 24.3 Å². The quantitative estimate of drug-likeness (QED) is 0.776. The number of pyridine rings is 1. The number of aromatic nitrogens is 1. The number of para-hydroxylation sites is 1. The molecule has 154 valence electrons. The van der Waals surface area contributed by atoms with E-state index in [9.17, 15) is 4.79 Å². The maximum Gasteiger partial charge on any atom is 0.223 e. The van der Waals surface area contributed by atoms with E-state index in [0.717, 1.165) is 56.8 Å². The number of hydrogen-bond acceptors (Lipinski definition) is 4. The number of rotatable bonds is 7. The van der Waals surface area contributed by atoms with Gasteiger partial charge in [0.15, 0.2) is 0 Å². The largest absolute Gasteiger partial charge is 0.496 e. The molecule has 29 heavy (non-hydrogen) atoms. The Kier molecular flexibility index (Phi) is 6.14. The van der Waals surface area contributed by atoms with Crippen LogP contribution in [0, 0.1) is 18.8 Å². The summed E-state index contributed by atoms with van der Waals surface area (Å²) in [5.41, 5.74) is 3.37. The number of methoxy groups -OCH3 is 1. The molecule has 1 N–H and O–H groups in total. The number of hydrogen-bond donors (Lipinski definition) is 1. The third-order valence-corrected chi connectivity index (χ3v) is 6.16. The summed E-state index contributed by atoms with van der Waals surface area (Å²) in [6.45, 7) is 4.97. The Morgan fingerprint density at radius 2 is 2.10 bits per heavy atom. The fourth-order valence-corrected chi connectivity index (χ4v) is 4.49. The van der Waals surface area contributed by atoms with Crippen LogP contribution in [-0.2, 0) is 11.3 Å². The van der Waals surface area contributed by atoms with E-state index in [-0.39, 0.29) is 17.9 Å². The van der Waals surface area contributed by atoms with Crippen molar-refractivity contribution in [2.45, 2.75) is 45.2 Å². The van der Waals surface area contributed by atoms with Gasteiger partial charge < -0.3 is 10.1 Å². The van der Waals surface area contributed by atoms with Crippen LogP contribution >= 0.6 is 0 Å². The second-order valence-electron chi connectivity index (χ2n) is 8.42. The Bertz CT molecular complexity index is 835. The van der Waals surface area contributed by atoms with Crippen molar-refractivity contribution in [2.75, 3.05) is 20.2 Å². The van der Waals surface area contributed by atoms with E-state index in [4.69, 9.17) is 4.74 Å². The third-order valence-electron chi connectivity index (χ3n) is 6.16. The highest BCUT2D eigenvalue weighted by atomic mass is 16.5. The highest BCUT2D eigenvalue weighted by Crippen LogP contribution is 2.34. The van der Waals surface area contributed by atoms with Gasteiger partial charge in [0, 0.05) is 30.8 Å². The molecule has 5 heteroatoms. The predicted octanol–water partition coefficient (Wildman–Crippen LogP) is 3.88. The number of aryl methyl sites for hydroxylation is 1. The van der Waals surface area contributed by atoms with Crippen LogP contribution < -0.4 is 10.1 Å². The molecule has 5 nitrogen and oxygen atoms in total. The molecule has 2 fully saturated rings. The van der Waals surface area contributed by atoms with Crippen molar-refractivity contribution in [3.05, 3.63) is 59.4 Å². The van der Waals surface area contributed by atoms with E-state index in [1.807, 2.05) is 24.4 Å². The van der Waals surface area contributed by atoms with Crippen LogP contribution in [0.1, 0.15) is 48.5 Å². The van der Waals surface area contributed by atoms with Crippen molar-refractivity contribution < 1.29 is 9.53 Å². The second-order valence-corrected chi connectivity index (χ2v) is 8.42. The predicted molar refractivity (Wildman–Crippen MR) is 114 cm³/mol. The number of ether oxygens (including phenoxy) is 1. The lowest BCUT2D eigenvalue weighted by Crippen LogP contribution is -2.43. The number of benzene rings is 1. The van der Waals surface area contributed by atoms with Gasteiger partial charge >= 0.3 is 0 Å². The zero-order valence-electron chi connectivity index (χ0n) is 17.4. The summed E-state index contributed by atoms with van der Waals surface area (Å²) in [4.78, 5) is 19.6. The molecular formula is C24H31N3O2. The third kappa shape index (κ3) is 4.78. The van der Waals surface area contributed by atoms with Crippen molar-refractivity contribution in [1.82, 2.24) is 15.2 Å². The number of likely N-dealkylation sites (tertiary alicyclic amines) is 1. The molecule has 1 saturated heterocycles. The smallest absolute Gasteiger partial charge is 0.223 e. The Morgan fingerprint density at radius 3 is 2.83 bits per heavy atom. The van der Waals surface area contributed by atoms with E-state index < -0.39 is 0 Å². The first-order valence-corrected chi connectivity index (χ1v) is 10.7. The van der Waals surface area contributed by atoms with Gasteiger partial charge in [-0.05, 0) is 62.8 Å². The molecule has 2 atom stereocenters. The molecule has 1 amide bonds. The number of amides is 1. The minimum atomic E-state index is -0.0218. The molecular weight excluding hydrogens is 362 g/mol. The van der Waals surface area contributed by atoms with Gasteiger partial charge in [-0.3, -0.25) is 14.7 Å². The number of nitrogens with zero attached hydrogens (tertiary/aromatic N) is 2. The van der Waals surface area contributed by atoms with Crippen LogP contribution in [0.2, 0.25) is 0 Å². The lowest BCUT2D eigenvalue weighted by Gasteiger charge is -2.37. The van der Waals surface area contributed by atoms with Crippen molar-refractivity contribution in [2.24, 2.45) is 11.8 Å². The normalized spacial score (nSPS) is 20.8. The summed E-state index contributed by atoms with van der Waals surface area (Å²) in [6, 6.07) is 12.3. The van der Waals surface area contributed by atoms with Crippen molar-refractivity contribution in [3.8, 4) is 5.75 Å². The molecule has 0 spiro atoms. The summed E-state index contributed by atoms with van der Waals surface area (Å²) >= 11 is 0. The highest BCUT2D eigenvalue weighted by Gasteiger charge is 2.35. The molecule has 1 aromatic carbocycles. The summed E-state index contributed by atoms with van der Waals surface area (Å²) in [5.74, 6) is 1.74. The van der Waals surface area contributed by atoms with Crippen molar-refractivity contribution >= 4 is 5.91 Å². The average Bonchev–Trinajstić information content (AvgIpc) is 3.58. The van der Waals surface area contributed by atoms with Gasteiger partial charge in [-0.15, -0.1) is 0 Å². The number of nitrogens with one attached hydrogen (secondary N) is 1. The van der Waals surface area contributed by atoms with Gasteiger partial charge in [0.25, 0.3) is 0 Å². The Balaban J connectivity index is 1.50. The minimum absolute atomic E-state index is 0.0218. The van der Waals surface area contributed by atoms with E-state index in [1.54, 1.807) is 7.11 Å². The van der Waals surface area contributed by atoms with Crippen LogP contribution in [-0.4, -0.2) is 36.0 Å². The van der Waals surface area contributed by atoms with Gasteiger partial charge in [-0.2, -0.15) is 0 Å². The Labute approximate surface area is 173 Å². The molecule has 1 saturated carbocycles. The minimum Gasteiger partial charge on any atom is -0.496 e. The lowest BCUT2D eigenvalue weighted by molar-refractivity contribution is -0.123. The zero-order valence-corrected chi connectivity index (χ0v) is 17.4. The molecule has 1 aliphatic carbocycles. The molecule has 2 unspecified atom stereocenters. The lowest BCUT2D eigenvalue weighted by atomic mass is 9.88. The molecule has 1 aromatic heterocycles. The number of carbonyl (C=O) groups is 1. The summed E-state index contributed by atoms with van der Waals surface area (Å²) < 4.78 is 5.65. The van der Waals surface area contributed by atoms with Crippen molar-refractivity contribution in [1.29, 1.82) is 0 Å². The standard InChI is InChI=1S/C24H31N3O2/c1-17-7-5-8-20(23(17)29-2)16-27-14-6-9-19(15-27)22(21-10-3-4-13-25-21)26-24(28)18-11-12-18/h3-5,7-8,10,13,18-19,22H,6,9,11-12,14-16H2,1-2H3,(H,26,28). The number of piperidine rings is 1. The molecule has 0 radical (unpaired) electrons. The zero-order chi connectivity index (χ0) is 20.2. The number of carbonyl (C=O) groups excluding carboxylic acids is 1. The Morgan fingerprint density at radius 1 is 1.24 bits per heavy atom. The SMILES string of the molecule is COc1c(C)cccc1CN1CCCC(C(NC(=O)C2CC2)c2ccccn2)C1. The molecule has 2 aromatic rings. The van der Waals surface area contributed by atoms with E-state index in [1.165, 1.54) is 11.1 Å². The first-order chi connectivity index (χ1) is 14.2. The topological polar surface area (TPSA) is 54.5 Å². The molecule has 2 heterocycles. The van der Waals surface area contributed by atoms with Crippen LogP contribution in [0.4, 0.5) is 0 Å². The van der Waals surface area contributed by atoms with Crippen LogP contribution in [0.3, 0.4) is 0 Å². The molecule has 4 rings (SSSR count). The van der Waals surface area contributed by atoms with Gasteiger partial charge in [0.05, 0.1) is 18.8 Å². The van der Waals surface area contributed by atoms with Crippen LogP contribution in [0.5, 0.6) is 5.75 Å². The first kappa shape index (κ1) is 19.9. The highest BCUT2D eigenvalue weighted by molar-refractivity contribution is 5.81. The van der Waals surface area contributed by atoms with E-state index >= 15 is 0 Å². The van der Waals surface area contributed by atoms with Gasteiger partial charge in [0.2, 0.25) is 5.91 Å². The van der Waals surface area contributed by atoms with E-state index in [0.29, 0.717) is 5.92 Å². The van der Waals surface area contributed by atoms with Crippen LogP contribution in [0.15, 0.2) is 42.6 Å². The fraction of sp³-hybridized carbons (Fsp3) is 0.500. The Hall–Kier alpha value is -2.40. The van der Waals surface area contributed by atoms with E-state index in [2.05, 4.69) is 40.3 Å². The van der Waals surface area contributed by atoms with Crippen molar-refractivity contribution in [3.63, 3.8) is 0 Å². The summed E-state index contributed by atoms with van der Waals surface area (Å²) in [7, 11) is 1.75. The first-order valence-electron chi connectivity index (χ1n) is 10.7. The summed E-state index contributed by atoms with van der Waals surface area (Å²) in [6.07, 6.45) is 6.09. The second kappa shape index (κ2) is 8.95. The van der Waals surface area contributed by atoms with Gasteiger partial charge in [0.1, 0.15) is 5.75 Å².